The molecule has 32 heavy (non-hydrogen) atoms. The van der Waals surface area contributed by atoms with E-state index in [1.165, 1.54) is 24.4 Å². The number of hydrogen-bond acceptors (Lipinski definition) is 5. The van der Waals surface area contributed by atoms with Crippen LogP contribution in [-0.2, 0) is 22.7 Å². The van der Waals surface area contributed by atoms with Gasteiger partial charge in [0.25, 0.3) is 0 Å². The smallest absolute Gasteiger partial charge is 0.417 e. The first-order chi connectivity index (χ1) is 15.1. The second-order valence-electron chi connectivity index (χ2n) is 7.30. The molecule has 1 saturated heterocycles. The number of aromatic nitrogens is 1. The van der Waals surface area contributed by atoms with Crippen LogP contribution in [0.2, 0.25) is 0 Å². The third kappa shape index (κ3) is 4.69. The molecule has 4 rings (SSSR count). The van der Waals surface area contributed by atoms with E-state index in [4.69, 9.17) is 4.42 Å². The molecule has 1 aliphatic heterocycles. The van der Waals surface area contributed by atoms with E-state index < -0.39 is 26.7 Å². The molecule has 1 aliphatic rings. The first-order valence-electron chi connectivity index (χ1n) is 9.74. The van der Waals surface area contributed by atoms with E-state index >= 15 is 0 Å². The van der Waals surface area contributed by atoms with Crippen molar-refractivity contribution in [1.82, 2.24) is 14.2 Å². The van der Waals surface area contributed by atoms with Gasteiger partial charge in [0.15, 0.2) is 5.76 Å². The van der Waals surface area contributed by atoms with Crippen molar-refractivity contribution in [3.63, 3.8) is 0 Å². The Balaban J connectivity index is 1.41. The fourth-order valence-corrected chi connectivity index (χ4v) is 5.15. The number of rotatable bonds is 5. The zero-order chi connectivity index (χ0) is 22.9. The maximum atomic E-state index is 13.3. The van der Waals surface area contributed by atoms with E-state index in [2.05, 4.69) is 4.98 Å². The van der Waals surface area contributed by atoms with Gasteiger partial charge in [-0.1, -0.05) is 12.1 Å². The Bertz CT molecular complexity index is 1190. The number of hydrogen-bond donors (Lipinski definition) is 0. The molecule has 0 atom stereocenters. The van der Waals surface area contributed by atoms with Crippen LogP contribution in [0.25, 0.3) is 11.3 Å². The van der Waals surface area contributed by atoms with Crippen LogP contribution < -0.4 is 0 Å². The number of benzene rings is 2. The van der Waals surface area contributed by atoms with Crippen molar-refractivity contribution >= 4 is 10.0 Å². The van der Waals surface area contributed by atoms with Crippen LogP contribution in [0.15, 0.2) is 64.0 Å². The van der Waals surface area contributed by atoms with Crippen LogP contribution in [0.4, 0.5) is 17.6 Å². The van der Waals surface area contributed by atoms with Gasteiger partial charge in [0.05, 0.1) is 23.2 Å². The number of oxazole rings is 1. The lowest BCUT2D eigenvalue weighted by Gasteiger charge is -2.33. The van der Waals surface area contributed by atoms with Gasteiger partial charge in [-0.3, -0.25) is 4.90 Å². The standard InChI is InChI=1S/C21H19F4N3O3S/c22-16-7-5-15(6-8-16)18-13-26-20(31-18)14-27-9-11-28(12-10-27)32(29,30)19-4-2-1-3-17(19)21(23,24)25/h1-8,13H,9-12,14H2. The van der Waals surface area contributed by atoms with Gasteiger partial charge in [0.1, 0.15) is 5.82 Å². The van der Waals surface area contributed by atoms with Crippen molar-refractivity contribution in [2.75, 3.05) is 26.2 Å². The van der Waals surface area contributed by atoms with Crippen LogP contribution in [0, 0.1) is 5.82 Å². The zero-order valence-electron chi connectivity index (χ0n) is 16.7. The lowest BCUT2D eigenvalue weighted by atomic mass is 10.2. The molecule has 170 valence electrons. The molecule has 3 aromatic rings. The monoisotopic (exact) mass is 469 g/mol. The molecular formula is C21H19F4N3O3S. The summed E-state index contributed by atoms with van der Waals surface area (Å²) in [7, 11) is -4.29. The predicted octanol–water partition coefficient (Wildman–Crippen LogP) is 4.01. The third-order valence-electron chi connectivity index (χ3n) is 5.18. The van der Waals surface area contributed by atoms with Crippen molar-refractivity contribution < 1.29 is 30.4 Å². The summed E-state index contributed by atoms with van der Waals surface area (Å²) in [6.45, 7) is 1.01. The summed E-state index contributed by atoms with van der Waals surface area (Å²) in [5, 5.41) is 0. The SMILES string of the molecule is O=S(=O)(c1ccccc1C(F)(F)F)N1CCN(Cc2ncc(-c3ccc(F)cc3)o2)CC1. The Hall–Kier alpha value is -2.76. The molecule has 0 saturated carbocycles. The molecule has 2 heterocycles. The highest BCUT2D eigenvalue weighted by atomic mass is 32.2. The molecular weight excluding hydrogens is 450 g/mol. The molecule has 1 fully saturated rings. The van der Waals surface area contributed by atoms with E-state index in [0.717, 1.165) is 22.5 Å². The molecule has 0 amide bonds. The van der Waals surface area contributed by atoms with Crippen LogP contribution in [0.5, 0.6) is 0 Å². The van der Waals surface area contributed by atoms with Crippen LogP contribution in [-0.4, -0.2) is 48.8 Å². The topological polar surface area (TPSA) is 66.7 Å². The summed E-state index contributed by atoms with van der Waals surface area (Å²) in [4.78, 5) is 5.37. The lowest BCUT2D eigenvalue weighted by molar-refractivity contribution is -0.139. The van der Waals surface area contributed by atoms with Crippen molar-refractivity contribution in [3.8, 4) is 11.3 Å². The summed E-state index contributed by atoms with van der Waals surface area (Å²) in [6, 6.07) is 9.96. The Morgan fingerprint density at radius 3 is 2.28 bits per heavy atom. The number of halogens is 4. The largest absolute Gasteiger partial charge is 0.439 e. The van der Waals surface area contributed by atoms with E-state index in [-0.39, 0.29) is 18.9 Å². The van der Waals surface area contributed by atoms with Crippen molar-refractivity contribution in [2.45, 2.75) is 17.6 Å². The van der Waals surface area contributed by atoms with Crippen LogP contribution in [0.1, 0.15) is 11.5 Å². The summed E-state index contributed by atoms with van der Waals surface area (Å²) in [6.07, 6.45) is -3.24. The van der Waals surface area contributed by atoms with Gasteiger partial charge in [0, 0.05) is 31.7 Å². The number of nitrogens with zero attached hydrogens (tertiary/aromatic N) is 3. The van der Waals surface area contributed by atoms with Gasteiger partial charge in [0.2, 0.25) is 15.9 Å². The Labute approximate surface area is 182 Å². The summed E-state index contributed by atoms with van der Waals surface area (Å²) < 4.78 is 85.3. The molecule has 11 heteroatoms. The van der Waals surface area contributed by atoms with E-state index in [0.29, 0.717) is 36.8 Å². The lowest BCUT2D eigenvalue weighted by Crippen LogP contribution is -2.48. The summed E-state index contributed by atoms with van der Waals surface area (Å²) in [5.41, 5.74) is -0.500. The minimum atomic E-state index is -4.77. The Morgan fingerprint density at radius 2 is 1.62 bits per heavy atom. The molecule has 2 aromatic carbocycles. The number of piperazine rings is 1. The highest BCUT2D eigenvalue weighted by molar-refractivity contribution is 7.89. The first kappa shape index (κ1) is 22.4. The van der Waals surface area contributed by atoms with E-state index in [1.807, 2.05) is 4.90 Å². The second-order valence-corrected chi connectivity index (χ2v) is 9.21. The van der Waals surface area contributed by atoms with E-state index in [1.54, 1.807) is 12.1 Å². The Kier molecular flexibility index (Phi) is 6.06. The van der Waals surface area contributed by atoms with Crippen molar-refractivity contribution in [3.05, 3.63) is 72.0 Å². The highest BCUT2D eigenvalue weighted by Crippen LogP contribution is 2.35. The predicted molar refractivity (Wildman–Crippen MR) is 107 cm³/mol. The fraction of sp³-hybridized carbons (Fsp3) is 0.286. The van der Waals surface area contributed by atoms with Crippen LogP contribution >= 0.6 is 0 Å². The average Bonchev–Trinajstić information content (AvgIpc) is 3.22. The minimum absolute atomic E-state index is 0.0417. The maximum absolute atomic E-state index is 13.3. The molecule has 6 nitrogen and oxygen atoms in total. The van der Waals surface area contributed by atoms with Gasteiger partial charge >= 0.3 is 6.18 Å². The molecule has 0 N–H and O–H groups in total. The fourth-order valence-electron chi connectivity index (χ4n) is 3.52. The molecule has 0 bridgehead atoms. The molecule has 0 unspecified atom stereocenters. The highest BCUT2D eigenvalue weighted by Gasteiger charge is 2.39. The minimum Gasteiger partial charge on any atom is -0.439 e. The van der Waals surface area contributed by atoms with Gasteiger partial charge in [-0.2, -0.15) is 17.5 Å². The average molecular weight is 469 g/mol. The van der Waals surface area contributed by atoms with Crippen LogP contribution in [0.3, 0.4) is 0 Å². The molecule has 0 aliphatic carbocycles. The quantitative estimate of drug-likeness (QED) is 0.529. The van der Waals surface area contributed by atoms with Gasteiger partial charge < -0.3 is 4.42 Å². The van der Waals surface area contributed by atoms with Gasteiger partial charge in [-0.15, -0.1) is 0 Å². The summed E-state index contributed by atoms with van der Waals surface area (Å²) in [5.74, 6) is 0.521. The third-order valence-corrected chi connectivity index (χ3v) is 7.14. The Morgan fingerprint density at radius 1 is 0.969 bits per heavy atom. The van der Waals surface area contributed by atoms with Gasteiger partial charge in [-0.05, 0) is 36.4 Å². The first-order valence-corrected chi connectivity index (χ1v) is 11.2. The maximum Gasteiger partial charge on any atom is 0.417 e. The normalized spacial score (nSPS) is 16.4. The van der Waals surface area contributed by atoms with E-state index in [9.17, 15) is 26.0 Å². The molecule has 0 spiro atoms. The van der Waals surface area contributed by atoms with Crippen molar-refractivity contribution in [1.29, 1.82) is 0 Å². The number of alkyl halides is 3. The number of sulfonamides is 1. The van der Waals surface area contributed by atoms with Crippen molar-refractivity contribution in [2.24, 2.45) is 0 Å². The zero-order valence-corrected chi connectivity index (χ0v) is 17.5. The molecule has 0 radical (unpaired) electrons. The van der Waals surface area contributed by atoms with Gasteiger partial charge in [-0.25, -0.2) is 17.8 Å². The molecule has 1 aromatic heterocycles. The second kappa shape index (κ2) is 8.64. The summed E-state index contributed by atoms with van der Waals surface area (Å²) >= 11 is 0.